The second-order valence-corrected chi connectivity index (χ2v) is 3.86. The lowest BCUT2D eigenvalue weighted by atomic mass is 9.98. The van der Waals surface area contributed by atoms with E-state index in [0.717, 1.165) is 0 Å². The number of hydrogen-bond acceptors (Lipinski definition) is 3. The zero-order chi connectivity index (χ0) is 12.8. The first-order valence-electron chi connectivity index (χ1n) is 4.89. The van der Waals surface area contributed by atoms with Gasteiger partial charge in [-0.15, -0.1) is 0 Å². The molecule has 0 saturated heterocycles. The molecular weight excluding hydrogens is 213 g/mol. The molecule has 0 spiro atoms. The predicted molar refractivity (Wildman–Crippen MR) is 60.8 cm³/mol. The van der Waals surface area contributed by atoms with Gasteiger partial charge in [-0.3, -0.25) is 9.79 Å². The maximum absolute atomic E-state index is 13.2. The molecule has 0 aromatic rings. The summed E-state index contributed by atoms with van der Waals surface area (Å²) in [6.07, 6.45) is 1.32. The molecule has 16 heavy (non-hydrogen) atoms. The summed E-state index contributed by atoms with van der Waals surface area (Å²) in [4.78, 5) is 14.5. The van der Waals surface area contributed by atoms with Gasteiger partial charge >= 0.3 is 5.97 Å². The molecule has 5 N–H and O–H groups in total. The van der Waals surface area contributed by atoms with Crippen molar-refractivity contribution in [1.29, 1.82) is 0 Å². The summed E-state index contributed by atoms with van der Waals surface area (Å²) in [6.45, 7) is 3.29. The highest BCUT2D eigenvalue weighted by atomic mass is 19.1. The van der Waals surface area contributed by atoms with Crippen LogP contribution in [0, 0.1) is 0 Å². The molecular formula is C10H18FN3O2. The van der Waals surface area contributed by atoms with E-state index in [9.17, 15) is 9.18 Å². The Bertz CT molecular complexity index is 307. The zero-order valence-corrected chi connectivity index (χ0v) is 9.53. The summed E-state index contributed by atoms with van der Waals surface area (Å²) in [6, 6.07) is 0. The summed E-state index contributed by atoms with van der Waals surface area (Å²) >= 11 is 0. The molecule has 6 heteroatoms. The highest BCUT2D eigenvalue weighted by Gasteiger charge is 2.29. The van der Waals surface area contributed by atoms with E-state index in [4.69, 9.17) is 16.6 Å². The van der Waals surface area contributed by atoms with Crippen molar-refractivity contribution in [3.8, 4) is 0 Å². The molecule has 1 unspecified atom stereocenters. The molecule has 0 radical (unpaired) electrons. The summed E-state index contributed by atoms with van der Waals surface area (Å²) < 4.78 is 13.2. The Labute approximate surface area is 94.0 Å². The van der Waals surface area contributed by atoms with Crippen LogP contribution in [0.15, 0.2) is 16.9 Å². The van der Waals surface area contributed by atoms with Crippen molar-refractivity contribution >= 4 is 11.8 Å². The molecule has 0 aliphatic heterocycles. The Morgan fingerprint density at radius 2 is 2.19 bits per heavy atom. The molecule has 0 saturated carbocycles. The number of hydrogen-bond donors (Lipinski definition) is 3. The highest BCUT2D eigenvalue weighted by molar-refractivity contribution is 5.78. The Morgan fingerprint density at radius 1 is 1.62 bits per heavy atom. The average Bonchev–Trinajstić information content (AvgIpc) is 2.11. The van der Waals surface area contributed by atoms with Gasteiger partial charge in [0.15, 0.2) is 0 Å². The molecule has 0 aromatic carbocycles. The largest absolute Gasteiger partial charge is 0.480 e. The fourth-order valence-electron chi connectivity index (χ4n) is 0.961. The van der Waals surface area contributed by atoms with E-state index in [2.05, 4.69) is 4.99 Å². The van der Waals surface area contributed by atoms with Gasteiger partial charge in [-0.25, -0.2) is 4.39 Å². The summed E-state index contributed by atoms with van der Waals surface area (Å²) in [5.74, 6) is -1.34. The van der Waals surface area contributed by atoms with E-state index in [0.29, 0.717) is 18.8 Å². The second-order valence-electron chi connectivity index (χ2n) is 3.86. The van der Waals surface area contributed by atoms with E-state index in [1.807, 2.05) is 0 Å². The van der Waals surface area contributed by atoms with Crippen molar-refractivity contribution in [3.63, 3.8) is 0 Å². The van der Waals surface area contributed by atoms with Crippen LogP contribution in [0.5, 0.6) is 0 Å². The number of aliphatic imine (C=N–C) groups is 1. The molecule has 0 amide bonds. The van der Waals surface area contributed by atoms with Gasteiger partial charge in [-0.2, -0.15) is 0 Å². The third-order valence-electron chi connectivity index (χ3n) is 1.88. The zero-order valence-electron chi connectivity index (χ0n) is 9.53. The van der Waals surface area contributed by atoms with Crippen LogP contribution in [-0.4, -0.2) is 29.0 Å². The van der Waals surface area contributed by atoms with Gasteiger partial charge in [0.1, 0.15) is 5.54 Å². The number of carboxylic acid groups (broad SMARTS) is 1. The van der Waals surface area contributed by atoms with Crippen LogP contribution >= 0.6 is 0 Å². The van der Waals surface area contributed by atoms with E-state index >= 15 is 0 Å². The Kier molecular flexibility index (Phi) is 5.66. The van der Waals surface area contributed by atoms with Crippen molar-refractivity contribution < 1.29 is 14.3 Å². The first-order chi connectivity index (χ1) is 7.25. The Morgan fingerprint density at radius 3 is 2.62 bits per heavy atom. The van der Waals surface area contributed by atoms with Crippen molar-refractivity contribution in [2.75, 3.05) is 6.54 Å². The van der Waals surface area contributed by atoms with Crippen molar-refractivity contribution in [3.05, 3.63) is 11.9 Å². The third kappa shape index (κ3) is 6.13. The number of rotatable bonds is 6. The van der Waals surface area contributed by atoms with Gasteiger partial charge in [-0.1, -0.05) is 6.08 Å². The summed E-state index contributed by atoms with van der Waals surface area (Å²) in [5.41, 5.74) is 9.10. The standard InChI is InChI=1S/C10H18FN3O2/c1-7(12)14-5-3-4-8(11)6-10(2,13)9(15)16/h4H,3,5-6,13H2,1-2H3,(H2,12,14)(H,15,16). The van der Waals surface area contributed by atoms with Gasteiger partial charge in [0.25, 0.3) is 0 Å². The first kappa shape index (κ1) is 14.6. The van der Waals surface area contributed by atoms with Gasteiger partial charge in [0, 0.05) is 13.0 Å². The average molecular weight is 231 g/mol. The van der Waals surface area contributed by atoms with Crippen LogP contribution in [0.25, 0.3) is 0 Å². The maximum atomic E-state index is 13.2. The molecule has 0 bridgehead atoms. The summed E-state index contributed by atoms with van der Waals surface area (Å²) in [5, 5.41) is 8.68. The van der Waals surface area contributed by atoms with E-state index in [1.165, 1.54) is 13.0 Å². The number of aliphatic carboxylic acids is 1. The lowest BCUT2D eigenvalue weighted by Crippen LogP contribution is -2.44. The van der Waals surface area contributed by atoms with Crippen molar-refractivity contribution in [1.82, 2.24) is 0 Å². The molecule has 0 heterocycles. The predicted octanol–water partition coefficient (Wildman–Crippen LogP) is 0.799. The van der Waals surface area contributed by atoms with Gasteiger partial charge in [0.2, 0.25) is 0 Å². The lowest BCUT2D eigenvalue weighted by molar-refractivity contribution is -0.142. The van der Waals surface area contributed by atoms with Gasteiger partial charge < -0.3 is 16.6 Å². The highest BCUT2D eigenvalue weighted by Crippen LogP contribution is 2.15. The molecule has 0 aromatic heterocycles. The monoisotopic (exact) mass is 231 g/mol. The molecule has 92 valence electrons. The minimum atomic E-state index is -1.58. The fourth-order valence-corrected chi connectivity index (χ4v) is 0.961. The van der Waals surface area contributed by atoms with E-state index in [-0.39, 0.29) is 6.42 Å². The quantitative estimate of drug-likeness (QED) is 0.357. The van der Waals surface area contributed by atoms with Crippen LogP contribution in [-0.2, 0) is 4.79 Å². The second kappa shape index (κ2) is 6.22. The van der Waals surface area contributed by atoms with Crippen molar-refractivity contribution in [2.24, 2.45) is 16.5 Å². The first-order valence-corrected chi connectivity index (χ1v) is 4.89. The molecule has 0 rings (SSSR count). The molecule has 1 atom stereocenters. The van der Waals surface area contributed by atoms with Crippen LogP contribution in [0.4, 0.5) is 4.39 Å². The molecule has 0 aliphatic rings. The molecule has 0 fully saturated rings. The van der Waals surface area contributed by atoms with Gasteiger partial charge in [-0.05, 0) is 20.3 Å². The van der Waals surface area contributed by atoms with Crippen LogP contribution in [0.2, 0.25) is 0 Å². The van der Waals surface area contributed by atoms with Crippen LogP contribution < -0.4 is 11.5 Å². The SMILES string of the molecule is CC(N)=NCCC=C(F)CC(C)(N)C(=O)O. The Balaban J connectivity index is 4.16. The third-order valence-corrected chi connectivity index (χ3v) is 1.88. The van der Waals surface area contributed by atoms with Gasteiger partial charge in [0.05, 0.1) is 11.7 Å². The summed E-state index contributed by atoms with van der Waals surface area (Å²) in [7, 11) is 0. The molecule has 0 aliphatic carbocycles. The topological polar surface area (TPSA) is 102 Å². The number of halogens is 1. The maximum Gasteiger partial charge on any atom is 0.323 e. The molecule has 5 nitrogen and oxygen atoms in total. The number of carboxylic acids is 1. The number of carbonyl (C=O) groups is 1. The van der Waals surface area contributed by atoms with Crippen molar-refractivity contribution in [2.45, 2.75) is 32.2 Å². The lowest BCUT2D eigenvalue weighted by Gasteiger charge is -2.17. The number of amidine groups is 1. The van der Waals surface area contributed by atoms with Crippen LogP contribution in [0.3, 0.4) is 0 Å². The van der Waals surface area contributed by atoms with Crippen LogP contribution in [0.1, 0.15) is 26.7 Å². The van der Waals surface area contributed by atoms with E-state index < -0.39 is 17.3 Å². The minimum absolute atomic E-state index is 0.326. The Hall–Kier alpha value is -1.43. The fraction of sp³-hybridized carbons (Fsp3) is 0.600. The number of nitrogens with zero attached hydrogens (tertiary/aromatic N) is 1. The smallest absolute Gasteiger partial charge is 0.323 e. The van der Waals surface area contributed by atoms with E-state index in [1.54, 1.807) is 6.92 Å². The number of nitrogens with two attached hydrogens (primary N) is 2. The normalized spacial score (nSPS) is 17.0. The minimum Gasteiger partial charge on any atom is -0.480 e.